The summed E-state index contributed by atoms with van der Waals surface area (Å²) in [6.07, 6.45) is 0.286. The highest BCUT2D eigenvalue weighted by Gasteiger charge is 2.49. The Labute approximate surface area is 281 Å². The largest absolute Gasteiger partial charge is 0.461 e. The fraction of sp³-hybridized carbons (Fsp3) is 0.500. The molecule has 6 bridgehead atoms. The number of nitrogens with zero attached hydrogens (tertiary/aromatic N) is 5. The first-order valence-corrected chi connectivity index (χ1v) is 17.1. The molecule has 9 rings (SSSR count). The van der Waals surface area contributed by atoms with E-state index in [1.165, 1.54) is 6.20 Å². The normalized spacial score (nSPS) is 25.9. The summed E-state index contributed by atoms with van der Waals surface area (Å²) in [5, 5.41) is 4.79. The number of aromatic nitrogens is 3. The second kappa shape index (κ2) is 12.6. The third kappa shape index (κ3) is 5.89. The Morgan fingerprint density at radius 1 is 1.08 bits per heavy atom. The number of carbonyl (C=O) groups is 1. The van der Waals surface area contributed by atoms with E-state index in [1.807, 2.05) is 36.4 Å². The van der Waals surface area contributed by atoms with Crippen LogP contribution in [0.5, 0.6) is 6.01 Å². The molecule has 4 aromatic rings. The van der Waals surface area contributed by atoms with E-state index in [1.54, 1.807) is 4.90 Å². The molecule has 258 valence electrons. The maximum absolute atomic E-state index is 17.0. The van der Waals surface area contributed by atoms with Gasteiger partial charge in [0.25, 0.3) is 0 Å². The third-order valence-electron chi connectivity index (χ3n) is 10.7. The standard InChI is InChI=1S/C36H38F4N6O3/c37-24-16-36(12-5-14-46(36)19-24)21-49-33-42-31-26-18-41-30(29(31)40)25-10-2-8-22-6-1-7-23(28(22)25)9-3-15-48-34(47)44-35(17-27(38)39)11-4-13-45(20-35)32(26)43-33/h1-2,6-8,10,18,24,27H,3-5,9,11-17,19-21H2,(H,44,47)/t24-,35-,36+/m1/s1. The molecule has 5 aliphatic heterocycles. The quantitative estimate of drug-likeness (QED) is 0.236. The van der Waals surface area contributed by atoms with E-state index >= 15 is 4.39 Å². The number of piperidine rings is 1. The number of carbonyl (C=O) groups excluding carboxylic acids is 1. The van der Waals surface area contributed by atoms with Gasteiger partial charge in [-0.25, -0.2) is 22.4 Å². The molecule has 3 saturated heterocycles. The topological polar surface area (TPSA) is 92.7 Å². The molecule has 0 saturated carbocycles. The van der Waals surface area contributed by atoms with Gasteiger partial charge in [0, 0.05) is 44.2 Å². The molecule has 0 spiro atoms. The summed E-state index contributed by atoms with van der Waals surface area (Å²) in [7, 11) is 0. The molecule has 3 fully saturated rings. The van der Waals surface area contributed by atoms with Crippen LogP contribution in [0.25, 0.3) is 32.9 Å². The number of hydrogen-bond acceptors (Lipinski definition) is 8. The van der Waals surface area contributed by atoms with Crippen LogP contribution < -0.4 is 15.0 Å². The van der Waals surface area contributed by atoms with E-state index < -0.39 is 42.0 Å². The lowest BCUT2D eigenvalue weighted by Gasteiger charge is -2.43. The zero-order valence-electron chi connectivity index (χ0n) is 27.1. The van der Waals surface area contributed by atoms with E-state index in [0.29, 0.717) is 56.1 Å². The Balaban J connectivity index is 1.29. The number of ether oxygens (including phenoxy) is 2. The van der Waals surface area contributed by atoms with Crippen molar-refractivity contribution in [2.24, 2.45) is 0 Å². The van der Waals surface area contributed by atoms with Gasteiger partial charge in [0.2, 0.25) is 6.43 Å². The minimum atomic E-state index is -2.70. The van der Waals surface area contributed by atoms with Gasteiger partial charge in [-0.2, -0.15) is 9.97 Å². The van der Waals surface area contributed by atoms with Gasteiger partial charge in [-0.15, -0.1) is 0 Å². The van der Waals surface area contributed by atoms with Crippen molar-refractivity contribution in [3.63, 3.8) is 0 Å². The van der Waals surface area contributed by atoms with Crippen LogP contribution in [0.2, 0.25) is 0 Å². The molecule has 2 aromatic carbocycles. The predicted molar refractivity (Wildman–Crippen MR) is 176 cm³/mol. The number of aryl methyl sites for hydroxylation is 1. The smallest absolute Gasteiger partial charge is 0.407 e. The fourth-order valence-corrected chi connectivity index (χ4v) is 8.59. The van der Waals surface area contributed by atoms with Crippen molar-refractivity contribution in [3.8, 4) is 17.3 Å². The number of hydrogen-bond donors (Lipinski definition) is 1. The van der Waals surface area contributed by atoms with Gasteiger partial charge in [-0.1, -0.05) is 36.4 Å². The maximum Gasteiger partial charge on any atom is 0.407 e. The van der Waals surface area contributed by atoms with E-state index in [-0.39, 0.29) is 42.8 Å². The van der Waals surface area contributed by atoms with Crippen molar-refractivity contribution >= 4 is 33.6 Å². The molecule has 0 aliphatic carbocycles. The molecular weight excluding hydrogens is 640 g/mol. The molecule has 0 unspecified atom stereocenters. The van der Waals surface area contributed by atoms with E-state index in [2.05, 4.69) is 20.2 Å². The van der Waals surface area contributed by atoms with Crippen LogP contribution in [0.15, 0.2) is 42.6 Å². The Hall–Kier alpha value is -4.26. The van der Waals surface area contributed by atoms with Crippen molar-refractivity contribution < 1.29 is 31.8 Å². The lowest BCUT2D eigenvalue weighted by atomic mass is 9.85. The number of amides is 1. The lowest BCUT2D eigenvalue weighted by molar-refractivity contribution is 0.0746. The number of nitrogens with one attached hydrogen (secondary N) is 1. The average molecular weight is 679 g/mol. The Morgan fingerprint density at radius 2 is 1.92 bits per heavy atom. The van der Waals surface area contributed by atoms with Crippen molar-refractivity contribution in [1.82, 2.24) is 25.2 Å². The zero-order valence-corrected chi connectivity index (χ0v) is 27.1. The Morgan fingerprint density at radius 3 is 2.78 bits per heavy atom. The van der Waals surface area contributed by atoms with Gasteiger partial charge in [-0.05, 0) is 61.4 Å². The van der Waals surface area contributed by atoms with Gasteiger partial charge in [0.05, 0.1) is 23.1 Å². The molecular formula is C36H38F4N6O3. The predicted octanol–water partition coefficient (Wildman–Crippen LogP) is 6.61. The highest BCUT2D eigenvalue weighted by Crippen LogP contribution is 2.42. The SMILES string of the molecule is O=C1N[C@@]2(CC(F)F)CCCN(C2)c2nc(OC[C@@]34CCCN3C[C@H](F)C4)nc3c(F)c(ncc23)-c2cccc3cccc(c23)CCCO1. The summed E-state index contributed by atoms with van der Waals surface area (Å²) >= 11 is 0. The first-order chi connectivity index (χ1) is 23.7. The van der Waals surface area contributed by atoms with Crippen LogP contribution in [0, 0.1) is 5.82 Å². The van der Waals surface area contributed by atoms with Crippen molar-refractivity contribution in [2.45, 2.75) is 75.0 Å². The van der Waals surface area contributed by atoms with E-state index in [0.717, 1.165) is 35.7 Å². The third-order valence-corrected chi connectivity index (χ3v) is 10.7. The zero-order chi connectivity index (χ0) is 33.8. The molecule has 2 aromatic heterocycles. The highest BCUT2D eigenvalue weighted by molar-refractivity contribution is 6.00. The number of benzene rings is 2. The summed E-state index contributed by atoms with van der Waals surface area (Å²) in [6, 6.07) is 11.4. The van der Waals surface area contributed by atoms with Gasteiger partial charge in [0.1, 0.15) is 29.8 Å². The van der Waals surface area contributed by atoms with Crippen molar-refractivity contribution in [1.29, 1.82) is 0 Å². The molecule has 0 radical (unpaired) electrons. The number of pyridine rings is 1. The number of alkyl carbamates (subject to hydrolysis) is 1. The molecule has 5 aliphatic rings. The fourth-order valence-electron chi connectivity index (χ4n) is 8.59. The summed E-state index contributed by atoms with van der Waals surface area (Å²) in [5.74, 6) is -0.389. The monoisotopic (exact) mass is 678 g/mol. The van der Waals surface area contributed by atoms with Gasteiger partial charge < -0.3 is 19.7 Å². The second-order valence-corrected chi connectivity index (χ2v) is 14.0. The molecule has 1 amide bonds. The van der Waals surface area contributed by atoms with Gasteiger partial charge in [-0.3, -0.25) is 9.88 Å². The molecule has 1 N–H and O–H groups in total. The first kappa shape index (κ1) is 32.0. The summed E-state index contributed by atoms with van der Waals surface area (Å²) in [4.78, 5) is 30.9. The van der Waals surface area contributed by atoms with Crippen LogP contribution in [-0.4, -0.2) is 89.0 Å². The van der Waals surface area contributed by atoms with Crippen LogP contribution >= 0.6 is 0 Å². The average Bonchev–Trinajstić information content (AvgIpc) is 3.60. The first-order valence-electron chi connectivity index (χ1n) is 17.1. The van der Waals surface area contributed by atoms with Crippen molar-refractivity contribution in [2.75, 3.05) is 44.3 Å². The van der Waals surface area contributed by atoms with Crippen LogP contribution in [-0.2, 0) is 11.2 Å². The van der Waals surface area contributed by atoms with Gasteiger partial charge in [0.15, 0.2) is 5.82 Å². The van der Waals surface area contributed by atoms with Crippen molar-refractivity contribution in [3.05, 3.63) is 54.0 Å². The Bertz CT molecular complexity index is 1910. The summed E-state index contributed by atoms with van der Waals surface area (Å²) in [6.45, 7) is 1.72. The molecule has 7 heterocycles. The number of alkyl halides is 3. The molecule has 49 heavy (non-hydrogen) atoms. The maximum atomic E-state index is 17.0. The molecule has 9 nitrogen and oxygen atoms in total. The van der Waals surface area contributed by atoms with Crippen LogP contribution in [0.1, 0.15) is 50.5 Å². The van der Waals surface area contributed by atoms with E-state index in [4.69, 9.17) is 14.5 Å². The number of halogens is 4. The molecule has 3 atom stereocenters. The number of rotatable bonds is 5. The lowest BCUT2D eigenvalue weighted by Crippen LogP contribution is -2.60. The summed E-state index contributed by atoms with van der Waals surface area (Å²) < 4.78 is 71.5. The minimum absolute atomic E-state index is 0.0169. The second-order valence-electron chi connectivity index (χ2n) is 14.0. The van der Waals surface area contributed by atoms with Crippen LogP contribution in [0.4, 0.5) is 28.2 Å². The molecule has 13 heteroatoms. The minimum Gasteiger partial charge on any atom is -0.461 e. The van der Waals surface area contributed by atoms with E-state index in [9.17, 15) is 18.0 Å². The number of anilines is 1. The Kier molecular flexibility index (Phi) is 8.20. The summed E-state index contributed by atoms with van der Waals surface area (Å²) in [5.41, 5.74) is -0.209. The highest BCUT2D eigenvalue weighted by atomic mass is 19.3. The number of fused-ring (bicyclic) bond motifs is 7. The van der Waals surface area contributed by atoms with Crippen LogP contribution in [0.3, 0.4) is 0 Å². The van der Waals surface area contributed by atoms with Gasteiger partial charge >= 0.3 is 12.1 Å².